The Balaban J connectivity index is 2.79. The third-order valence-corrected chi connectivity index (χ3v) is 3.60. The molecule has 1 heterocycles. The zero-order valence-corrected chi connectivity index (χ0v) is 8.68. The van der Waals surface area contributed by atoms with E-state index in [4.69, 9.17) is 15.6 Å². The average molecular weight is 187 g/mol. The van der Waals surface area contributed by atoms with E-state index in [1.54, 1.807) is 0 Å². The second-order valence-electron chi connectivity index (χ2n) is 4.64. The monoisotopic (exact) mass is 187 g/mol. The van der Waals surface area contributed by atoms with Gasteiger partial charge in [0, 0.05) is 13.2 Å². The van der Waals surface area contributed by atoms with Gasteiger partial charge in [-0.05, 0) is 30.2 Å². The SMILES string of the molecule is CC1(C)COCCC1(CN)CCO. The lowest BCUT2D eigenvalue weighted by Gasteiger charge is -2.49. The summed E-state index contributed by atoms with van der Waals surface area (Å²) in [6, 6.07) is 0. The fraction of sp³-hybridized carbons (Fsp3) is 1.00. The zero-order chi connectivity index (χ0) is 9.95. The molecule has 0 aromatic carbocycles. The molecule has 1 unspecified atom stereocenters. The standard InChI is InChI=1S/C10H21NO2/c1-9(2)8-13-6-4-10(9,7-11)3-5-12/h12H,3-8,11H2,1-2H3. The van der Waals surface area contributed by atoms with Crippen LogP contribution in [0.2, 0.25) is 0 Å². The summed E-state index contributed by atoms with van der Waals surface area (Å²) >= 11 is 0. The zero-order valence-electron chi connectivity index (χ0n) is 8.68. The highest BCUT2D eigenvalue weighted by atomic mass is 16.5. The smallest absolute Gasteiger partial charge is 0.0522 e. The average Bonchev–Trinajstić information content (AvgIpc) is 2.09. The molecule has 1 aliphatic rings. The fourth-order valence-electron chi connectivity index (χ4n) is 2.24. The van der Waals surface area contributed by atoms with Gasteiger partial charge in [0.25, 0.3) is 0 Å². The van der Waals surface area contributed by atoms with Gasteiger partial charge in [0.2, 0.25) is 0 Å². The maximum Gasteiger partial charge on any atom is 0.0522 e. The highest BCUT2D eigenvalue weighted by Gasteiger charge is 2.45. The molecule has 13 heavy (non-hydrogen) atoms. The second-order valence-corrected chi connectivity index (χ2v) is 4.64. The van der Waals surface area contributed by atoms with E-state index in [0.717, 1.165) is 26.1 Å². The number of rotatable bonds is 3. The van der Waals surface area contributed by atoms with E-state index >= 15 is 0 Å². The van der Waals surface area contributed by atoms with Crippen LogP contribution in [0.15, 0.2) is 0 Å². The first kappa shape index (κ1) is 11.0. The summed E-state index contributed by atoms with van der Waals surface area (Å²) < 4.78 is 5.45. The first-order valence-corrected chi connectivity index (χ1v) is 4.97. The van der Waals surface area contributed by atoms with Crippen molar-refractivity contribution in [2.24, 2.45) is 16.6 Å². The first-order valence-electron chi connectivity index (χ1n) is 4.97. The molecule has 3 heteroatoms. The van der Waals surface area contributed by atoms with Gasteiger partial charge in [-0.15, -0.1) is 0 Å². The van der Waals surface area contributed by atoms with E-state index in [2.05, 4.69) is 13.8 Å². The minimum atomic E-state index is 0.0694. The summed E-state index contributed by atoms with van der Waals surface area (Å²) in [7, 11) is 0. The summed E-state index contributed by atoms with van der Waals surface area (Å²) in [5.41, 5.74) is 5.99. The Labute approximate surface area is 80.3 Å². The van der Waals surface area contributed by atoms with E-state index in [1.165, 1.54) is 0 Å². The Morgan fingerprint density at radius 3 is 2.62 bits per heavy atom. The molecule has 0 bridgehead atoms. The van der Waals surface area contributed by atoms with E-state index in [1.807, 2.05) is 0 Å². The quantitative estimate of drug-likeness (QED) is 0.686. The van der Waals surface area contributed by atoms with Crippen LogP contribution >= 0.6 is 0 Å². The molecule has 78 valence electrons. The van der Waals surface area contributed by atoms with Crippen LogP contribution in [0, 0.1) is 10.8 Å². The second kappa shape index (κ2) is 3.95. The maximum absolute atomic E-state index is 9.05. The van der Waals surface area contributed by atoms with Gasteiger partial charge in [-0.3, -0.25) is 0 Å². The van der Waals surface area contributed by atoms with Gasteiger partial charge in [-0.25, -0.2) is 0 Å². The van der Waals surface area contributed by atoms with Gasteiger partial charge < -0.3 is 15.6 Å². The molecule has 1 aliphatic heterocycles. The number of nitrogens with two attached hydrogens (primary N) is 1. The van der Waals surface area contributed by atoms with Crippen molar-refractivity contribution < 1.29 is 9.84 Å². The summed E-state index contributed by atoms with van der Waals surface area (Å²) in [6.45, 7) is 6.75. The highest BCUT2D eigenvalue weighted by molar-refractivity contribution is 4.95. The van der Waals surface area contributed by atoms with Gasteiger partial charge in [-0.1, -0.05) is 13.8 Å². The predicted molar refractivity (Wildman–Crippen MR) is 52.4 cm³/mol. The van der Waals surface area contributed by atoms with E-state index in [9.17, 15) is 0 Å². The number of aliphatic hydroxyl groups is 1. The van der Waals surface area contributed by atoms with Crippen LogP contribution in [0.4, 0.5) is 0 Å². The summed E-state index contributed by atoms with van der Waals surface area (Å²) in [5, 5.41) is 9.05. The third-order valence-electron chi connectivity index (χ3n) is 3.60. The van der Waals surface area contributed by atoms with Crippen molar-refractivity contribution in [2.75, 3.05) is 26.4 Å². The highest BCUT2D eigenvalue weighted by Crippen LogP contribution is 2.46. The van der Waals surface area contributed by atoms with Crippen molar-refractivity contribution in [1.29, 1.82) is 0 Å². The van der Waals surface area contributed by atoms with Crippen molar-refractivity contribution >= 4 is 0 Å². The lowest BCUT2D eigenvalue weighted by Crippen LogP contribution is -2.50. The summed E-state index contributed by atoms with van der Waals surface area (Å²) in [5.74, 6) is 0. The molecule has 0 aliphatic carbocycles. The summed E-state index contributed by atoms with van der Waals surface area (Å²) in [6.07, 6.45) is 1.76. The molecule has 3 N–H and O–H groups in total. The van der Waals surface area contributed by atoms with Gasteiger partial charge in [-0.2, -0.15) is 0 Å². The molecule has 1 saturated heterocycles. The molecule has 1 fully saturated rings. The van der Waals surface area contributed by atoms with Crippen molar-refractivity contribution in [3.05, 3.63) is 0 Å². The van der Waals surface area contributed by atoms with E-state index in [-0.39, 0.29) is 17.4 Å². The molecule has 0 radical (unpaired) electrons. The molecular weight excluding hydrogens is 166 g/mol. The maximum atomic E-state index is 9.05. The third kappa shape index (κ3) is 1.87. The Hall–Kier alpha value is -0.120. The Bertz CT molecular complexity index is 166. The van der Waals surface area contributed by atoms with Crippen molar-refractivity contribution in [2.45, 2.75) is 26.7 Å². The molecular formula is C10H21NO2. The summed E-state index contributed by atoms with van der Waals surface area (Å²) in [4.78, 5) is 0. The molecule has 0 saturated carbocycles. The molecule has 0 aromatic heterocycles. The van der Waals surface area contributed by atoms with Gasteiger partial charge >= 0.3 is 0 Å². The molecule has 0 amide bonds. The molecule has 3 nitrogen and oxygen atoms in total. The van der Waals surface area contributed by atoms with Gasteiger partial charge in [0.05, 0.1) is 6.61 Å². The Morgan fingerprint density at radius 2 is 2.15 bits per heavy atom. The van der Waals surface area contributed by atoms with Gasteiger partial charge in [0.1, 0.15) is 0 Å². The minimum absolute atomic E-state index is 0.0694. The van der Waals surface area contributed by atoms with Crippen LogP contribution in [-0.4, -0.2) is 31.5 Å². The molecule has 1 rings (SSSR count). The lowest BCUT2D eigenvalue weighted by atomic mass is 9.61. The largest absolute Gasteiger partial charge is 0.396 e. The van der Waals surface area contributed by atoms with E-state index < -0.39 is 0 Å². The van der Waals surface area contributed by atoms with Crippen molar-refractivity contribution in [3.63, 3.8) is 0 Å². The van der Waals surface area contributed by atoms with Crippen LogP contribution in [0.5, 0.6) is 0 Å². The van der Waals surface area contributed by atoms with Gasteiger partial charge in [0.15, 0.2) is 0 Å². The van der Waals surface area contributed by atoms with Crippen LogP contribution in [-0.2, 0) is 4.74 Å². The number of hydrogen-bond donors (Lipinski definition) is 2. The normalized spacial score (nSPS) is 33.2. The number of ether oxygens (including phenoxy) is 1. The number of aliphatic hydroxyl groups excluding tert-OH is 1. The van der Waals surface area contributed by atoms with Crippen LogP contribution in [0.3, 0.4) is 0 Å². The number of hydrogen-bond acceptors (Lipinski definition) is 3. The van der Waals surface area contributed by atoms with Crippen molar-refractivity contribution in [3.8, 4) is 0 Å². The molecule has 0 spiro atoms. The van der Waals surface area contributed by atoms with E-state index in [0.29, 0.717) is 6.54 Å². The van der Waals surface area contributed by atoms with Crippen LogP contribution in [0.25, 0.3) is 0 Å². The Morgan fingerprint density at radius 1 is 1.46 bits per heavy atom. The molecule has 1 atom stereocenters. The first-order chi connectivity index (χ1) is 6.08. The van der Waals surface area contributed by atoms with Crippen LogP contribution < -0.4 is 5.73 Å². The van der Waals surface area contributed by atoms with Crippen LogP contribution in [0.1, 0.15) is 26.7 Å². The predicted octanol–water partition coefficient (Wildman–Crippen LogP) is 0.760. The topological polar surface area (TPSA) is 55.5 Å². The van der Waals surface area contributed by atoms with Crippen molar-refractivity contribution in [1.82, 2.24) is 0 Å². The lowest BCUT2D eigenvalue weighted by molar-refractivity contribution is -0.0979. The fourth-order valence-corrected chi connectivity index (χ4v) is 2.24. The minimum Gasteiger partial charge on any atom is -0.396 e. The Kier molecular flexibility index (Phi) is 3.33. The molecule has 0 aromatic rings.